The number of aryl methyl sites for hydroxylation is 3. The summed E-state index contributed by atoms with van der Waals surface area (Å²) in [7, 11) is -0.591. The minimum atomic E-state index is -3.85. The number of aromatic nitrogens is 4. The molecule has 0 aromatic carbocycles. The summed E-state index contributed by atoms with van der Waals surface area (Å²) >= 11 is 7.58. The number of hydrogen-bond donors (Lipinski definition) is 1. The minimum Gasteiger partial charge on any atom is -0.263 e. The summed E-state index contributed by atoms with van der Waals surface area (Å²) in [5.74, 6) is 0.354. The Kier molecular flexibility index (Phi) is 3.95. The second-order valence-electron chi connectivity index (χ2n) is 4.95. The van der Waals surface area contributed by atoms with Crippen LogP contribution in [-0.4, -0.2) is 28.0 Å². The first-order chi connectivity index (χ1) is 10.8. The standard InChI is InChI=1S/C13H14ClN5O2S2/c1-8-12(13(14)19(3)15-8)23(20,21)17-11-7-9(16-18(11)2)10-5-4-6-22-10/h4-7,17H,1-3H3. The van der Waals surface area contributed by atoms with Gasteiger partial charge in [0, 0.05) is 20.2 Å². The van der Waals surface area contributed by atoms with Crippen molar-refractivity contribution >= 4 is 38.8 Å². The Morgan fingerprint density at radius 3 is 2.57 bits per heavy atom. The third-order valence-corrected chi connectivity index (χ3v) is 6.20. The Morgan fingerprint density at radius 2 is 2.00 bits per heavy atom. The first-order valence-corrected chi connectivity index (χ1v) is 9.33. The molecule has 0 aliphatic carbocycles. The molecule has 0 unspecified atom stereocenters. The van der Waals surface area contributed by atoms with Crippen molar-refractivity contribution in [2.45, 2.75) is 11.8 Å². The number of rotatable bonds is 4. The monoisotopic (exact) mass is 371 g/mol. The van der Waals surface area contributed by atoms with Crippen LogP contribution in [0.1, 0.15) is 5.69 Å². The number of nitrogens with zero attached hydrogens (tertiary/aromatic N) is 4. The molecule has 3 aromatic rings. The van der Waals surface area contributed by atoms with E-state index in [4.69, 9.17) is 11.6 Å². The molecule has 0 aliphatic rings. The molecule has 23 heavy (non-hydrogen) atoms. The van der Waals surface area contributed by atoms with Crippen LogP contribution in [0.25, 0.3) is 10.6 Å². The summed E-state index contributed by atoms with van der Waals surface area (Å²) in [6.07, 6.45) is 0. The lowest BCUT2D eigenvalue weighted by atomic mass is 10.3. The van der Waals surface area contributed by atoms with Crippen LogP contribution in [0.3, 0.4) is 0 Å². The third-order valence-electron chi connectivity index (χ3n) is 3.26. The average molecular weight is 372 g/mol. The number of halogens is 1. The van der Waals surface area contributed by atoms with E-state index in [-0.39, 0.29) is 10.0 Å². The smallest absolute Gasteiger partial charge is 0.263 e. The fourth-order valence-electron chi connectivity index (χ4n) is 2.21. The summed E-state index contributed by atoms with van der Waals surface area (Å²) in [5.41, 5.74) is 1.04. The van der Waals surface area contributed by atoms with Gasteiger partial charge in [-0.15, -0.1) is 11.3 Å². The van der Waals surface area contributed by atoms with Gasteiger partial charge in [-0.2, -0.15) is 10.2 Å². The van der Waals surface area contributed by atoms with Gasteiger partial charge in [0.25, 0.3) is 10.0 Å². The van der Waals surface area contributed by atoms with Crippen molar-refractivity contribution in [2.24, 2.45) is 14.1 Å². The first-order valence-electron chi connectivity index (χ1n) is 6.59. The van der Waals surface area contributed by atoms with Crippen LogP contribution >= 0.6 is 22.9 Å². The van der Waals surface area contributed by atoms with Gasteiger partial charge >= 0.3 is 0 Å². The lowest BCUT2D eigenvalue weighted by Crippen LogP contribution is -2.16. The maximum Gasteiger partial charge on any atom is 0.267 e. The maximum atomic E-state index is 12.6. The zero-order valence-electron chi connectivity index (χ0n) is 12.6. The van der Waals surface area contributed by atoms with Crippen LogP contribution in [0, 0.1) is 6.92 Å². The fourth-order valence-corrected chi connectivity index (χ4v) is 4.72. The topological polar surface area (TPSA) is 81.8 Å². The zero-order valence-corrected chi connectivity index (χ0v) is 15.0. The third kappa shape index (κ3) is 2.87. The summed E-state index contributed by atoms with van der Waals surface area (Å²) < 4.78 is 30.6. The molecule has 0 atom stereocenters. The van der Waals surface area contributed by atoms with Crippen molar-refractivity contribution in [3.05, 3.63) is 34.4 Å². The van der Waals surface area contributed by atoms with Gasteiger partial charge in [-0.05, 0) is 18.4 Å². The van der Waals surface area contributed by atoms with Gasteiger partial charge in [0.15, 0.2) is 0 Å². The molecule has 0 saturated carbocycles. The second kappa shape index (κ2) is 5.66. The normalized spacial score (nSPS) is 11.8. The Bertz CT molecular complexity index is 957. The Labute approximate surface area is 142 Å². The SMILES string of the molecule is Cc1nn(C)c(Cl)c1S(=O)(=O)Nc1cc(-c2cccs2)nn1C. The van der Waals surface area contributed by atoms with Crippen LogP contribution in [0.15, 0.2) is 28.5 Å². The van der Waals surface area contributed by atoms with Gasteiger partial charge in [-0.3, -0.25) is 14.1 Å². The van der Waals surface area contributed by atoms with E-state index in [0.717, 1.165) is 4.88 Å². The van der Waals surface area contributed by atoms with Gasteiger partial charge in [0.05, 0.1) is 10.6 Å². The molecule has 3 heterocycles. The van der Waals surface area contributed by atoms with Gasteiger partial charge in [-0.1, -0.05) is 17.7 Å². The molecular weight excluding hydrogens is 358 g/mol. The van der Waals surface area contributed by atoms with Gasteiger partial charge in [0.2, 0.25) is 0 Å². The molecule has 0 saturated heterocycles. The van der Waals surface area contributed by atoms with E-state index in [0.29, 0.717) is 17.2 Å². The molecule has 122 valence electrons. The van der Waals surface area contributed by atoms with Crippen LogP contribution < -0.4 is 4.72 Å². The molecule has 0 aliphatic heterocycles. The van der Waals surface area contributed by atoms with Crippen LogP contribution in [0.4, 0.5) is 5.82 Å². The molecule has 7 nitrogen and oxygen atoms in total. The van der Waals surface area contributed by atoms with Gasteiger partial charge in [0.1, 0.15) is 21.6 Å². The predicted molar refractivity (Wildman–Crippen MR) is 90.3 cm³/mol. The van der Waals surface area contributed by atoms with E-state index < -0.39 is 10.0 Å². The highest BCUT2D eigenvalue weighted by atomic mass is 35.5. The quantitative estimate of drug-likeness (QED) is 0.764. The highest BCUT2D eigenvalue weighted by Gasteiger charge is 2.26. The Balaban J connectivity index is 1.98. The van der Waals surface area contributed by atoms with E-state index in [1.54, 1.807) is 27.1 Å². The molecule has 0 bridgehead atoms. The molecule has 1 N–H and O–H groups in total. The summed E-state index contributed by atoms with van der Waals surface area (Å²) in [5, 5.41) is 10.4. The lowest BCUT2D eigenvalue weighted by Gasteiger charge is -2.07. The molecule has 0 spiro atoms. The second-order valence-corrected chi connectivity index (χ2v) is 7.88. The van der Waals surface area contributed by atoms with Gasteiger partial charge < -0.3 is 0 Å². The van der Waals surface area contributed by atoms with E-state index in [2.05, 4.69) is 14.9 Å². The van der Waals surface area contributed by atoms with Crippen molar-refractivity contribution in [3.63, 3.8) is 0 Å². The molecule has 3 aromatic heterocycles. The van der Waals surface area contributed by atoms with Crippen molar-refractivity contribution < 1.29 is 8.42 Å². The molecule has 0 amide bonds. The molecule has 10 heteroatoms. The van der Waals surface area contributed by atoms with Crippen molar-refractivity contribution in [2.75, 3.05) is 4.72 Å². The number of anilines is 1. The van der Waals surface area contributed by atoms with Crippen molar-refractivity contribution in [1.29, 1.82) is 0 Å². The Morgan fingerprint density at radius 1 is 1.26 bits per heavy atom. The van der Waals surface area contributed by atoms with Gasteiger partial charge in [-0.25, -0.2) is 8.42 Å². The number of sulfonamides is 1. The van der Waals surface area contributed by atoms with E-state index in [1.807, 2.05) is 17.5 Å². The number of thiophene rings is 1. The Hall–Kier alpha value is -1.84. The first kappa shape index (κ1) is 16.0. The highest BCUT2D eigenvalue weighted by molar-refractivity contribution is 7.92. The van der Waals surface area contributed by atoms with Crippen LogP contribution in [-0.2, 0) is 24.1 Å². The minimum absolute atomic E-state index is 0.0273. The zero-order chi connectivity index (χ0) is 16.8. The predicted octanol–water partition coefficient (Wildman–Crippen LogP) is 2.64. The number of nitrogens with one attached hydrogen (secondary N) is 1. The highest BCUT2D eigenvalue weighted by Crippen LogP contribution is 2.29. The van der Waals surface area contributed by atoms with E-state index in [1.165, 1.54) is 20.7 Å². The lowest BCUT2D eigenvalue weighted by molar-refractivity contribution is 0.599. The average Bonchev–Trinajstić information content (AvgIpc) is 3.13. The summed E-state index contributed by atoms with van der Waals surface area (Å²) in [4.78, 5) is 0.933. The fraction of sp³-hybridized carbons (Fsp3) is 0.231. The maximum absolute atomic E-state index is 12.6. The van der Waals surface area contributed by atoms with Crippen LogP contribution in [0.5, 0.6) is 0 Å². The largest absolute Gasteiger partial charge is 0.267 e. The van der Waals surface area contributed by atoms with E-state index in [9.17, 15) is 8.42 Å². The van der Waals surface area contributed by atoms with Crippen molar-refractivity contribution in [3.8, 4) is 10.6 Å². The summed E-state index contributed by atoms with van der Waals surface area (Å²) in [6, 6.07) is 5.52. The summed E-state index contributed by atoms with van der Waals surface area (Å²) in [6.45, 7) is 1.60. The molecule has 3 rings (SSSR count). The van der Waals surface area contributed by atoms with Crippen LogP contribution in [0.2, 0.25) is 5.15 Å². The molecule has 0 fully saturated rings. The van der Waals surface area contributed by atoms with E-state index >= 15 is 0 Å². The van der Waals surface area contributed by atoms with Crippen molar-refractivity contribution in [1.82, 2.24) is 19.6 Å². The molecular formula is C13H14ClN5O2S2. The number of hydrogen-bond acceptors (Lipinski definition) is 5. The molecule has 0 radical (unpaired) electrons.